The Morgan fingerprint density at radius 2 is 1.74 bits per heavy atom. The van der Waals surface area contributed by atoms with Gasteiger partial charge in [-0.15, -0.1) is 5.10 Å². The molecule has 1 amide bonds. The summed E-state index contributed by atoms with van der Waals surface area (Å²) < 4.78 is 29.3. The zero-order valence-corrected chi connectivity index (χ0v) is 21.1. The van der Waals surface area contributed by atoms with Crippen LogP contribution >= 0.6 is 0 Å². The Balaban J connectivity index is 1.68. The van der Waals surface area contributed by atoms with E-state index >= 15 is 0 Å². The molecule has 35 heavy (non-hydrogen) atoms. The average Bonchev–Trinajstić information content (AvgIpc) is 3.40. The van der Waals surface area contributed by atoms with E-state index < -0.39 is 10.0 Å². The first-order chi connectivity index (χ1) is 16.8. The van der Waals surface area contributed by atoms with Crippen molar-refractivity contribution in [3.05, 3.63) is 53.9 Å². The predicted molar refractivity (Wildman–Crippen MR) is 134 cm³/mol. The highest BCUT2D eigenvalue weighted by Crippen LogP contribution is 2.32. The molecule has 0 spiro atoms. The van der Waals surface area contributed by atoms with Gasteiger partial charge in [-0.25, -0.2) is 13.1 Å². The lowest BCUT2D eigenvalue weighted by atomic mass is 10.1. The van der Waals surface area contributed by atoms with Crippen LogP contribution in [-0.4, -0.2) is 65.0 Å². The molecule has 1 aliphatic heterocycles. The number of sulfonamides is 1. The van der Waals surface area contributed by atoms with Crippen molar-refractivity contribution in [3.63, 3.8) is 0 Å². The van der Waals surface area contributed by atoms with Crippen LogP contribution in [0.3, 0.4) is 0 Å². The topological polar surface area (TPSA) is 113 Å². The number of aryl methyl sites for hydroxylation is 1. The van der Waals surface area contributed by atoms with E-state index in [1.807, 2.05) is 26.8 Å². The number of nitrogens with zero attached hydrogens (tertiary/aromatic N) is 6. The lowest BCUT2D eigenvalue weighted by Crippen LogP contribution is -2.32. The Labute approximate surface area is 206 Å². The Morgan fingerprint density at radius 1 is 1.03 bits per heavy atom. The largest absolute Gasteiger partial charge is 0.370 e. The van der Waals surface area contributed by atoms with Crippen molar-refractivity contribution in [1.82, 2.24) is 24.5 Å². The van der Waals surface area contributed by atoms with Gasteiger partial charge in [0, 0.05) is 31.7 Å². The zero-order chi connectivity index (χ0) is 25.0. The summed E-state index contributed by atoms with van der Waals surface area (Å²) in [7, 11) is -3.67. The molecule has 10 nitrogen and oxygen atoms in total. The number of tetrazole rings is 1. The molecule has 1 aromatic heterocycles. The summed E-state index contributed by atoms with van der Waals surface area (Å²) in [5.74, 6) is -0.313. The molecule has 3 aromatic rings. The van der Waals surface area contributed by atoms with E-state index in [9.17, 15) is 13.2 Å². The second-order valence-electron chi connectivity index (χ2n) is 8.53. The lowest BCUT2D eigenvalue weighted by molar-refractivity contribution is 0.102. The smallest absolute Gasteiger partial charge is 0.255 e. The molecule has 0 bridgehead atoms. The van der Waals surface area contributed by atoms with Crippen molar-refractivity contribution in [2.24, 2.45) is 0 Å². The summed E-state index contributed by atoms with van der Waals surface area (Å²) in [5.41, 5.74) is 3.39. The number of aromatic nitrogens is 4. The molecular formula is C24H31N7O3S. The fraction of sp³-hybridized carbons (Fsp3) is 0.417. The van der Waals surface area contributed by atoms with Crippen LogP contribution < -0.4 is 10.2 Å². The van der Waals surface area contributed by atoms with Gasteiger partial charge in [0.25, 0.3) is 5.91 Å². The summed E-state index contributed by atoms with van der Waals surface area (Å²) in [6.45, 7) is 7.99. The van der Waals surface area contributed by atoms with E-state index in [1.165, 1.54) is 21.7 Å². The van der Waals surface area contributed by atoms with Gasteiger partial charge in [-0.05, 0) is 78.6 Å². The first kappa shape index (κ1) is 24.8. The summed E-state index contributed by atoms with van der Waals surface area (Å²) in [6.07, 6.45) is 4.78. The normalized spacial score (nSPS) is 14.3. The van der Waals surface area contributed by atoms with Crippen LogP contribution in [0, 0.1) is 6.92 Å². The number of hydrogen-bond donors (Lipinski definition) is 1. The third-order valence-corrected chi connectivity index (χ3v) is 8.36. The number of amides is 1. The molecule has 11 heteroatoms. The third kappa shape index (κ3) is 5.20. The van der Waals surface area contributed by atoms with Gasteiger partial charge in [-0.2, -0.15) is 4.31 Å². The molecule has 1 N–H and O–H groups in total. The van der Waals surface area contributed by atoms with Crippen LogP contribution in [0.25, 0.3) is 5.69 Å². The van der Waals surface area contributed by atoms with E-state index in [0.717, 1.165) is 42.9 Å². The molecule has 0 atom stereocenters. The van der Waals surface area contributed by atoms with Crippen molar-refractivity contribution < 1.29 is 13.2 Å². The fourth-order valence-electron chi connectivity index (χ4n) is 4.42. The number of hydrogen-bond acceptors (Lipinski definition) is 7. The fourth-order valence-corrected chi connectivity index (χ4v) is 5.90. The number of rotatable bonds is 8. The minimum Gasteiger partial charge on any atom is -0.370 e. The molecule has 1 saturated heterocycles. The summed E-state index contributed by atoms with van der Waals surface area (Å²) in [5, 5.41) is 14.2. The molecule has 1 aliphatic rings. The first-order valence-electron chi connectivity index (χ1n) is 11.9. The van der Waals surface area contributed by atoms with Crippen LogP contribution in [0.15, 0.2) is 47.6 Å². The number of piperidine rings is 1. The van der Waals surface area contributed by atoms with Crippen molar-refractivity contribution in [2.75, 3.05) is 36.4 Å². The molecule has 0 aliphatic carbocycles. The van der Waals surface area contributed by atoms with Crippen LogP contribution in [-0.2, 0) is 10.0 Å². The molecule has 1 fully saturated rings. The number of carbonyl (C=O) groups excluding carboxylic acids is 1. The van der Waals surface area contributed by atoms with Gasteiger partial charge in [-0.3, -0.25) is 4.79 Å². The molecule has 4 rings (SSSR count). The van der Waals surface area contributed by atoms with E-state index in [4.69, 9.17) is 0 Å². The van der Waals surface area contributed by atoms with E-state index in [1.54, 1.807) is 30.3 Å². The SMILES string of the molecule is CCN(CC)S(=O)(=O)c1ccc(N2CCCCC2)c(NC(=O)c2ccc(-n3cnnn3)c(C)c2)c1. The van der Waals surface area contributed by atoms with Gasteiger partial charge in [0.15, 0.2) is 0 Å². The van der Waals surface area contributed by atoms with Crippen LogP contribution in [0.5, 0.6) is 0 Å². The summed E-state index contributed by atoms with van der Waals surface area (Å²) in [4.78, 5) is 15.6. The Bertz CT molecular complexity index is 1280. The van der Waals surface area contributed by atoms with Gasteiger partial charge in [0.2, 0.25) is 10.0 Å². The third-order valence-electron chi connectivity index (χ3n) is 6.31. The van der Waals surface area contributed by atoms with Crippen molar-refractivity contribution >= 4 is 27.3 Å². The summed E-state index contributed by atoms with van der Waals surface area (Å²) >= 11 is 0. The number of benzene rings is 2. The molecular weight excluding hydrogens is 466 g/mol. The predicted octanol–water partition coefficient (Wildman–Crippen LogP) is 3.24. The Morgan fingerprint density at radius 3 is 2.37 bits per heavy atom. The highest BCUT2D eigenvalue weighted by atomic mass is 32.2. The number of nitrogens with one attached hydrogen (secondary N) is 1. The molecule has 0 saturated carbocycles. The van der Waals surface area contributed by atoms with Gasteiger partial charge in [0.05, 0.1) is 22.0 Å². The molecule has 2 aromatic carbocycles. The highest BCUT2D eigenvalue weighted by Gasteiger charge is 2.25. The second-order valence-corrected chi connectivity index (χ2v) is 10.5. The first-order valence-corrected chi connectivity index (χ1v) is 13.3. The van der Waals surface area contributed by atoms with Crippen molar-refractivity contribution in [1.29, 1.82) is 0 Å². The molecule has 0 radical (unpaired) electrons. The molecule has 2 heterocycles. The van der Waals surface area contributed by atoms with E-state index in [0.29, 0.717) is 24.3 Å². The maximum atomic E-state index is 13.3. The number of anilines is 2. The molecule has 0 unspecified atom stereocenters. The van der Waals surface area contributed by atoms with Crippen molar-refractivity contribution in [3.8, 4) is 5.69 Å². The lowest BCUT2D eigenvalue weighted by Gasteiger charge is -2.31. The van der Waals surface area contributed by atoms with E-state index in [-0.39, 0.29) is 10.8 Å². The quantitative estimate of drug-likeness (QED) is 0.508. The van der Waals surface area contributed by atoms with Crippen LogP contribution in [0.4, 0.5) is 11.4 Å². The van der Waals surface area contributed by atoms with Gasteiger partial charge in [0.1, 0.15) is 6.33 Å². The molecule has 186 valence electrons. The average molecular weight is 498 g/mol. The maximum Gasteiger partial charge on any atom is 0.255 e. The minimum absolute atomic E-state index is 0.169. The van der Waals surface area contributed by atoms with Gasteiger partial charge >= 0.3 is 0 Å². The zero-order valence-electron chi connectivity index (χ0n) is 20.3. The Hall–Kier alpha value is -3.31. The van der Waals surface area contributed by atoms with Crippen molar-refractivity contribution in [2.45, 2.75) is 44.9 Å². The van der Waals surface area contributed by atoms with E-state index in [2.05, 4.69) is 25.7 Å². The standard InChI is InChI=1S/C24H31N7O3S/c1-4-30(5-2)35(33,34)20-10-12-23(29-13-7-6-8-14-29)21(16-20)26-24(32)19-9-11-22(18(3)15-19)31-17-25-27-28-31/h9-12,15-17H,4-8,13-14H2,1-3H3,(H,26,32). The number of carbonyl (C=O) groups is 1. The maximum absolute atomic E-state index is 13.3. The van der Waals surface area contributed by atoms with Gasteiger partial charge < -0.3 is 10.2 Å². The highest BCUT2D eigenvalue weighted by molar-refractivity contribution is 7.89. The van der Waals surface area contributed by atoms with Gasteiger partial charge in [-0.1, -0.05) is 13.8 Å². The monoisotopic (exact) mass is 497 g/mol. The second kappa shape index (κ2) is 10.5. The minimum atomic E-state index is -3.67. The Kier molecular flexibility index (Phi) is 7.46. The summed E-state index contributed by atoms with van der Waals surface area (Å²) in [6, 6.07) is 10.3. The van der Waals surface area contributed by atoms with Crippen LogP contribution in [0.1, 0.15) is 49.0 Å². The van der Waals surface area contributed by atoms with Crippen LogP contribution in [0.2, 0.25) is 0 Å².